The molecule has 208 valence electrons. The predicted octanol–water partition coefficient (Wildman–Crippen LogP) is 1.14. The number of aliphatic hydroxyl groups excluding tert-OH is 1. The maximum absolute atomic E-state index is 14.1. The van der Waals surface area contributed by atoms with Crippen molar-refractivity contribution in [3.05, 3.63) is 63.1 Å². The maximum atomic E-state index is 14.1. The first kappa shape index (κ1) is 28.1. The summed E-state index contributed by atoms with van der Waals surface area (Å²) < 4.78 is 0. The summed E-state index contributed by atoms with van der Waals surface area (Å²) in [5, 5.41) is 34.7. The van der Waals surface area contributed by atoms with E-state index in [4.69, 9.17) is 28.9 Å². The van der Waals surface area contributed by atoms with Gasteiger partial charge in [-0.25, -0.2) is 0 Å². The van der Waals surface area contributed by atoms with E-state index < -0.39 is 76.2 Å². The van der Waals surface area contributed by atoms with E-state index in [1.54, 1.807) is 12.1 Å². The zero-order chi connectivity index (χ0) is 29.4. The van der Waals surface area contributed by atoms with Crippen molar-refractivity contribution in [3.63, 3.8) is 0 Å². The van der Waals surface area contributed by atoms with E-state index in [2.05, 4.69) is 0 Å². The second kappa shape index (κ2) is 9.60. The van der Waals surface area contributed by atoms with Crippen molar-refractivity contribution in [2.24, 2.45) is 29.4 Å². The number of benzene rings is 2. The van der Waals surface area contributed by atoms with Gasteiger partial charge in [-0.1, -0.05) is 47.5 Å². The van der Waals surface area contributed by atoms with Gasteiger partial charge >= 0.3 is 0 Å². The first-order valence-corrected chi connectivity index (χ1v) is 13.0. The second-order valence-corrected chi connectivity index (χ2v) is 11.3. The molecule has 2 unspecified atom stereocenters. The number of aliphatic hydroxyl groups is 2. The summed E-state index contributed by atoms with van der Waals surface area (Å²) >= 11 is 12.2. The number of nitrogens with two attached hydrogens (primary N) is 1. The van der Waals surface area contributed by atoms with Crippen LogP contribution in [0.25, 0.3) is 11.6 Å². The number of aromatic hydroxyl groups is 1. The number of Topliss-reactive ketones (excluding diaryl/α,β-unsaturated/α-hetero) is 4. The molecule has 40 heavy (non-hydrogen) atoms. The number of nitrogens with zero attached hydrogens (tertiary/aromatic N) is 1. The van der Waals surface area contributed by atoms with Crippen LogP contribution in [0.5, 0.6) is 5.75 Å². The molecule has 0 heterocycles. The average Bonchev–Trinajstić information content (AvgIpc) is 2.87. The van der Waals surface area contributed by atoms with Crippen LogP contribution in [-0.2, 0) is 19.2 Å². The Morgan fingerprint density at radius 1 is 1.05 bits per heavy atom. The summed E-state index contributed by atoms with van der Waals surface area (Å²) in [5.41, 5.74) is 2.91. The van der Waals surface area contributed by atoms with Crippen molar-refractivity contribution >= 4 is 63.9 Å². The molecule has 0 spiro atoms. The maximum Gasteiger partial charge on any atom is 0.235 e. The van der Waals surface area contributed by atoms with E-state index in [9.17, 15) is 39.3 Å². The van der Waals surface area contributed by atoms with Crippen LogP contribution in [0.15, 0.2) is 36.4 Å². The molecule has 7 atom stereocenters. The Hall–Kier alpha value is -3.41. The van der Waals surface area contributed by atoms with Crippen LogP contribution < -0.4 is 5.73 Å². The molecule has 1 amide bonds. The van der Waals surface area contributed by atoms with Gasteiger partial charge in [-0.05, 0) is 49.0 Å². The van der Waals surface area contributed by atoms with E-state index >= 15 is 0 Å². The minimum absolute atomic E-state index is 0.207. The lowest BCUT2D eigenvalue weighted by molar-refractivity contribution is -0.192. The molecule has 0 aliphatic heterocycles. The molecule has 5 N–H and O–H groups in total. The molecule has 10 nitrogen and oxygen atoms in total. The number of rotatable bonds is 3. The van der Waals surface area contributed by atoms with Crippen molar-refractivity contribution in [3.8, 4) is 5.75 Å². The van der Waals surface area contributed by atoms with Gasteiger partial charge in [-0.3, -0.25) is 28.9 Å². The highest BCUT2D eigenvalue weighted by Crippen LogP contribution is 2.54. The molecular formula is C28H24Cl2N2O8. The molecular weight excluding hydrogens is 563 g/mol. The summed E-state index contributed by atoms with van der Waals surface area (Å²) in [7, 11) is 2.85. The Morgan fingerprint density at radius 2 is 1.73 bits per heavy atom. The number of halogens is 2. The number of carbonyl (C=O) groups is 5. The number of hydrogen-bond acceptors (Lipinski definition) is 9. The van der Waals surface area contributed by atoms with Crippen LogP contribution in [0.4, 0.5) is 0 Å². The zero-order valence-electron chi connectivity index (χ0n) is 21.2. The molecule has 0 radical (unpaired) electrons. The number of likely N-dealkylation sites (N-methyl/N-ethyl adjacent to an activating group) is 1. The molecule has 2 aromatic rings. The molecule has 2 fully saturated rings. The van der Waals surface area contributed by atoms with Crippen molar-refractivity contribution in [1.29, 1.82) is 0 Å². The number of phenols is 1. The van der Waals surface area contributed by atoms with Crippen LogP contribution in [-0.4, -0.2) is 81.1 Å². The monoisotopic (exact) mass is 586 g/mol. The molecule has 0 aromatic heterocycles. The Bertz CT molecular complexity index is 1550. The highest BCUT2D eigenvalue weighted by Gasteiger charge is 2.72. The van der Waals surface area contributed by atoms with Crippen molar-refractivity contribution in [1.82, 2.24) is 4.90 Å². The molecule has 0 saturated heterocycles. The number of phenolic OH excluding ortho intramolecular Hbond substituents is 1. The van der Waals surface area contributed by atoms with E-state index in [1.807, 2.05) is 0 Å². The lowest BCUT2D eigenvalue weighted by Crippen LogP contribution is -2.77. The van der Waals surface area contributed by atoms with Gasteiger partial charge in [-0.2, -0.15) is 0 Å². The van der Waals surface area contributed by atoms with Crippen LogP contribution in [0.3, 0.4) is 0 Å². The van der Waals surface area contributed by atoms with Gasteiger partial charge in [0.2, 0.25) is 5.91 Å². The summed E-state index contributed by atoms with van der Waals surface area (Å²) in [6.45, 7) is 0. The number of primary amides is 1. The lowest BCUT2D eigenvalue weighted by atomic mass is 9.50. The van der Waals surface area contributed by atoms with Gasteiger partial charge in [0.05, 0.1) is 39.6 Å². The molecule has 3 aliphatic rings. The van der Waals surface area contributed by atoms with Crippen LogP contribution in [0.1, 0.15) is 21.5 Å². The van der Waals surface area contributed by atoms with Crippen LogP contribution in [0, 0.1) is 23.7 Å². The minimum Gasteiger partial charge on any atom is -0.507 e. The third-order valence-corrected chi connectivity index (χ3v) is 8.88. The second-order valence-electron chi connectivity index (χ2n) is 10.5. The molecule has 2 saturated carbocycles. The standard InChI is InChI=1S/C28H24Cl2N2O8/c1-32(2)21-20-23(35)17-12(8-10-6-7-13(29)14(30)9-10)11-4-3-5-15(33)16(11)22(34)18(17)25(37)28(20,40)26(38)19(24(21)36)27(31)39/h3-9,17-21,23,33,35,40H,1-2H3,(H2,31,39)/t17-,18?,19?,20-,21+,23+,28+/m1/s1. The van der Waals surface area contributed by atoms with Crippen LogP contribution in [0.2, 0.25) is 10.0 Å². The Labute approximate surface area is 238 Å². The third-order valence-electron chi connectivity index (χ3n) is 8.14. The predicted molar refractivity (Wildman–Crippen MR) is 143 cm³/mol. The normalized spacial score (nSPS) is 32.6. The molecule has 3 aliphatic carbocycles. The smallest absolute Gasteiger partial charge is 0.235 e. The minimum atomic E-state index is -3.09. The van der Waals surface area contributed by atoms with Gasteiger partial charge in [0.25, 0.3) is 0 Å². The van der Waals surface area contributed by atoms with Crippen molar-refractivity contribution in [2.75, 3.05) is 14.1 Å². The number of fused-ring (bicyclic) bond motifs is 3. The first-order valence-electron chi connectivity index (χ1n) is 12.2. The highest BCUT2D eigenvalue weighted by molar-refractivity contribution is 6.42. The summed E-state index contributed by atoms with van der Waals surface area (Å²) in [6, 6.07) is 7.41. The number of ketones is 4. The molecule has 2 aromatic carbocycles. The molecule has 0 bridgehead atoms. The fourth-order valence-electron chi connectivity index (χ4n) is 6.45. The summed E-state index contributed by atoms with van der Waals surface area (Å²) in [4.78, 5) is 68.2. The number of hydrogen-bond donors (Lipinski definition) is 4. The van der Waals surface area contributed by atoms with E-state index in [0.717, 1.165) is 0 Å². The van der Waals surface area contributed by atoms with Gasteiger partial charge in [0, 0.05) is 5.92 Å². The Morgan fingerprint density at radius 3 is 2.33 bits per heavy atom. The number of carbonyl (C=O) groups excluding carboxylic acids is 5. The van der Waals surface area contributed by atoms with Gasteiger partial charge in [0.1, 0.15) is 5.75 Å². The number of amides is 1. The fourth-order valence-corrected chi connectivity index (χ4v) is 6.76. The fraction of sp³-hybridized carbons (Fsp3) is 0.321. The summed E-state index contributed by atoms with van der Waals surface area (Å²) in [6.07, 6.45) is -0.260. The Kier molecular flexibility index (Phi) is 6.75. The molecule has 5 rings (SSSR count). The van der Waals surface area contributed by atoms with Gasteiger partial charge in [0.15, 0.2) is 34.7 Å². The lowest BCUT2D eigenvalue weighted by Gasteiger charge is -2.55. The van der Waals surface area contributed by atoms with Crippen LogP contribution >= 0.6 is 23.2 Å². The quantitative estimate of drug-likeness (QED) is 0.384. The average molecular weight is 587 g/mol. The first-order chi connectivity index (χ1) is 18.7. The van der Waals surface area contributed by atoms with Crippen molar-refractivity contribution < 1.29 is 39.3 Å². The Balaban J connectivity index is 1.80. The topological polar surface area (TPSA) is 175 Å². The zero-order valence-corrected chi connectivity index (χ0v) is 22.7. The van der Waals surface area contributed by atoms with E-state index in [-0.39, 0.29) is 26.7 Å². The van der Waals surface area contributed by atoms with E-state index in [1.165, 1.54) is 49.3 Å². The van der Waals surface area contributed by atoms with Crippen molar-refractivity contribution in [2.45, 2.75) is 17.7 Å². The highest BCUT2D eigenvalue weighted by atomic mass is 35.5. The van der Waals surface area contributed by atoms with Gasteiger partial charge < -0.3 is 21.1 Å². The molecule has 12 heteroatoms. The summed E-state index contributed by atoms with van der Waals surface area (Å²) in [5.74, 6) is -13.6. The SMILES string of the molecule is CN(C)[C@@H]1C(=O)C(C(N)=O)C(=O)[C@@]2(O)C(=O)C3C(=O)c4c(O)cccc4C(=Cc4ccc(Cl)c(Cl)c4)[C@H]3[C@H](O)[C@@H]12. The third kappa shape index (κ3) is 3.78. The largest absolute Gasteiger partial charge is 0.507 e. The van der Waals surface area contributed by atoms with E-state index in [0.29, 0.717) is 5.56 Å². The van der Waals surface area contributed by atoms with Gasteiger partial charge in [-0.15, -0.1) is 0 Å².